The van der Waals surface area contributed by atoms with Crippen LogP contribution in [0.3, 0.4) is 0 Å². The summed E-state index contributed by atoms with van der Waals surface area (Å²) in [6.45, 7) is 0. The molecule has 0 atom stereocenters. The van der Waals surface area contributed by atoms with Crippen molar-refractivity contribution in [3.8, 4) is 11.1 Å². The molecule has 0 aliphatic rings. The van der Waals surface area contributed by atoms with Gasteiger partial charge in [0.2, 0.25) is 0 Å². The van der Waals surface area contributed by atoms with Crippen LogP contribution in [0.5, 0.6) is 0 Å². The number of aromatic nitrogens is 3. The van der Waals surface area contributed by atoms with Crippen molar-refractivity contribution >= 4 is 32.6 Å². The number of pyridine rings is 1. The lowest BCUT2D eigenvalue weighted by atomic mass is 10.1. The van der Waals surface area contributed by atoms with Crippen molar-refractivity contribution in [3.63, 3.8) is 0 Å². The number of rotatable bonds is 5. The maximum Gasteiger partial charge on any atom is 0.263 e. The van der Waals surface area contributed by atoms with E-state index in [2.05, 4.69) is 19.7 Å². The molecule has 0 saturated heterocycles. The minimum atomic E-state index is -4.15. The Kier molecular flexibility index (Phi) is 5.24. The Bertz CT molecular complexity index is 1390. The SMILES string of the molecule is CN(C)c1cnc2ccc(-c3cncc(S(=O)(=O)Nc4ccc(F)cc4F)c3)cc2n1. The number of anilines is 2. The molecule has 1 N–H and O–H groups in total. The first kappa shape index (κ1) is 20.6. The smallest absolute Gasteiger partial charge is 0.263 e. The molecule has 0 bridgehead atoms. The van der Waals surface area contributed by atoms with Gasteiger partial charge in [-0.15, -0.1) is 0 Å². The van der Waals surface area contributed by atoms with Gasteiger partial charge in [-0.3, -0.25) is 14.7 Å². The Morgan fingerprint density at radius 2 is 1.71 bits per heavy atom. The molecule has 0 aliphatic heterocycles. The molecule has 2 heterocycles. The molecule has 31 heavy (non-hydrogen) atoms. The quantitative estimate of drug-likeness (QED) is 0.506. The zero-order valence-corrected chi connectivity index (χ0v) is 17.4. The molecule has 2 aromatic carbocycles. The zero-order chi connectivity index (χ0) is 22.2. The van der Waals surface area contributed by atoms with E-state index >= 15 is 0 Å². The van der Waals surface area contributed by atoms with Gasteiger partial charge in [0.1, 0.15) is 22.3 Å². The number of halogens is 2. The molecule has 158 valence electrons. The highest BCUT2D eigenvalue weighted by molar-refractivity contribution is 7.92. The second kappa shape index (κ2) is 7.88. The van der Waals surface area contributed by atoms with E-state index in [0.717, 1.165) is 18.3 Å². The molecule has 0 amide bonds. The first-order chi connectivity index (χ1) is 14.7. The molecular weight excluding hydrogens is 424 g/mol. The van der Waals surface area contributed by atoms with Crippen molar-refractivity contribution < 1.29 is 17.2 Å². The number of sulfonamides is 1. The second-order valence-corrected chi connectivity index (χ2v) is 8.65. The van der Waals surface area contributed by atoms with Gasteiger partial charge in [0.05, 0.1) is 22.9 Å². The highest BCUT2D eigenvalue weighted by atomic mass is 32.2. The van der Waals surface area contributed by atoms with E-state index in [4.69, 9.17) is 0 Å². The van der Waals surface area contributed by atoms with Crippen molar-refractivity contribution in [2.45, 2.75) is 4.90 Å². The molecule has 7 nitrogen and oxygen atoms in total. The average Bonchev–Trinajstić information content (AvgIpc) is 2.75. The molecule has 0 saturated carbocycles. The van der Waals surface area contributed by atoms with E-state index in [1.54, 1.807) is 24.4 Å². The normalized spacial score (nSPS) is 11.5. The number of hydrogen-bond acceptors (Lipinski definition) is 6. The number of hydrogen-bond donors (Lipinski definition) is 1. The van der Waals surface area contributed by atoms with Crippen molar-refractivity contribution in [3.05, 3.63) is 72.7 Å². The van der Waals surface area contributed by atoms with Crippen LogP contribution < -0.4 is 9.62 Å². The number of benzene rings is 2. The minimum Gasteiger partial charge on any atom is -0.361 e. The number of nitrogens with one attached hydrogen (secondary N) is 1. The summed E-state index contributed by atoms with van der Waals surface area (Å²) in [5.74, 6) is -1.14. The summed E-state index contributed by atoms with van der Waals surface area (Å²) in [4.78, 5) is 14.6. The lowest BCUT2D eigenvalue weighted by molar-refractivity contribution is 0.582. The third kappa shape index (κ3) is 4.29. The summed E-state index contributed by atoms with van der Waals surface area (Å²) < 4.78 is 54.5. The predicted octanol–water partition coefficient (Wildman–Crippen LogP) is 3.84. The first-order valence-electron chi connectivity index (χ1n) is 9.10. The van der Waals surface area contributed by atoms with Crippen LogP contribution in [0.2, 0.25) is 0 Å². The van der Waals surface area contributed by atoms with Crippen molar-refractivity contribution in [1.29, 1.82) is 0 Å². The van der Waals surface area contributed by atoms with E-state index in [1.165, 1.54) is 12.3 Å². The van der Waals surface area contributed by atoms with Gasteiger partial charge in [0.15, 0.2) is 0 Å². The number of nitrogens with zero attached hydrogens (tertiary/aromatic N) is 4. The van der Waals surface area contributed by atoms with E-state index in [-0.39, 0.29) is 10.6 Å². The van der Waals surface area contributed by atoms with Gasteiger partial charge in [-0.2, -0.15) is 0 Å². The molecule has 0 radical (unpaired) electrons. The standard InChI is InChI=1S/C21H17F2N5O2S/c1-28(2)21-12-25-19-5-3-13(8-20(19)26-21)14-7-16(11-24-10-14)31(29,30)27-18-6-4-15(22)9-17(18)23/h3-12,27H,1-2H3. The van der Waals surface area contributed by atoms with Crippen LogP contribution in [0, 0.1) is 11.6 Å². The summed E-state index contributed by atoms with van der Waals surface area (Å²) in [5, 5.41) is 0. The summed E-state index contributed by atoms with van der Waals surface area (Å²) in [5.41, 5.74) is 2.20. The van der Waals surface area contributed by atoms with E-state index in [0.29, 0.717) is 34.0 Å². The van der Waals surface area contributed by atoms with Crippen molar-refractivity contribution in [2.75, 3.05) is 23.7 Å². The maximum atomic E-state index is 13.9. The van der Waals surface area contributed by atoms with Gasteiger partial charge in [-0.25, -0.2) is 22.2 Å². The van der Waals surface area contributed by atoms with Crippen LogP contribution in [0.1, 0.15) is 0 Å². The van der Waals surface area contributed by atoms with Gasteiger partial charge in [-0.1, -0.05) is 6.07 Å². The topological polar surface area (TPSA) is 88.1 Å². The molecule has 4 rings (SSSR count). The molecule has 10 heteroatoms. The van der Waals surface area contributed by atoms with Gasteiger partial charge < -0.3 is 4.90 Å². The van der Waals surface area contributed by atoms with Crippen LogP contribution >= 0.6 is 0 Å². The average molecular weight is 441 g/mol. The van der Waals surface area contributed by atoms with Crippen LogP contribution in [0.15, 0.2) is 66.0 Å². The fraction of sp³-hybridized carbons (Fsp3) is 0.0952. The molecule has 0 fully saturated rings. The highest BCUT2D eigenvalue weighted by Gasteiger charge is 2.18. The monoisotopic (exact) mass is 441 g/mol. The van der Waals surface area contributed by atoms with Gasteiger partial charge >= 0.3 is 0 Å². The van der Waals surface area contributed by atoms with Gasteiger partial charge in [0, 0.05) is 38.1 Å². The Hall–Kier alpha value is -3.66. The lowest BCUT2D eigenvalue weighted by Crippen LogP contribution is -2.14. The van der Waals surface area contributed by atoms with Crippen molar-refractivity contribution in [2.24, 2.45) is 0 Å². The van der Waals surface area contributed by atoms with Gasteiger partial charge in [0.25, 0.3) is 10.0 Å². The highest BCUT2D eigenvalue weighted by Crippen LogP contribution is 2.26. The molecule has 0 unspecified atom stereocenters. The van der Waals surface area contributed by atoms with Gasteiger partial charge in [-0.05, 0) is 35.9 Å². The predicted molar refractivity (Wildman–Crippen MR) is 114 cm³/mol. The summed E-state index contributed by atoms with van der Waals surface area (Å²) in [6.07, 6.45) is 4.33. The molecular formula is C21H17F2N5O2S. The molecule has 0 spiro atoms. The molecule has 0 aliphatic carbocycles. The zero-order valence-electron chi connectivity index (χ0n) is 16.5. The van der Waals surface area contributed by atoms with E-state index < -0.39 is 21.7 Å². The largest absolute Gasteiger partial charge is 0.361 e. The summed E-state index contributed by atoms with van der Waals surface area (Å²) in [7, 11) is -0.437. The molecule has 4 aromatic rings. The fourth-order valence-corrected chi connectivity index (χ4v) is 3.95. The maximum absolute atomic E-state index is 13.9. The van der Waals surface area contributed by atoms with Crippen LogP contribution in [-0.4, -0.2) is 37.5 Å². The van der Waals surface area contributed by atoms with Crippen LogP contribution in [0.25, 0.3) is 22.2 Å². The van der Waals surface area contributed by atoms with Crippen molar-refractivity contribution in [1.82, 2.24) is 15.0 Å². The summed E-state index contributed by atoms with van der Waals surface area (Å²) in [6, 6.07) is 9.36. The summed E-state index contributed by atoms with van der Waals surface area (Å²) >= 11 is 0. The Labute approximate surface area is 177 Å². The lowest BCUT2D eigenvalue weighted by Gasteiger charge is -2.12. The molecule has 2 aromatic heterocycles. The Balaban J connectivity index is 1.70. The third-order valence-electron chi connectivity index (χ3n) is 4.52. The number of fused-ring (bicyclic) bond motifs is 1. The third-order valence-corrected chi connectivity index (χ3v) is 5.85. The van der Waals surface area contributed by atoms with E-state index in [9.17, 15) is 17.2 Å². The van der Waals surface area contributed by atoms with Crippen LogP contribution in [-0.2, 0) is 10.0 Å². The fourth-order valence-electron chi connectivity index (χ4n) is 2.90. The Morgan fingerprint density at radius 1 is 0.903 bits per heavy atom. The van der Waals surface area contributed by atoms with Crippen LogP contribution in [0.4, 0.5) is 20.3 Å². The minimum absolute atomic E-state index is 0.165. The first-order valence-corrected chi connectivity index (χ1v) is 10.6. The Morgan fingerprint density at radius 3 is 2.45 bits per heavy atom. The second-order valence-electron chi connectivity index (χ2n) is 6.97. The van der Waals surface area contributed by atoms with E-state index in [1.807, 2.05) is 19.0 Å².